The summed E-state index contributed by atoms with van der Waals surface area (Å²) in [6, 6.07) is 8.82. The average molecular weight is 537 g/mol. The first kappa shape index (κ1) is 33.3. The molecule has 0 saturated heterocycles. The first-order chi connectivity index (χ1) is 14.4. The van der Waals surface area contributed by atoms with Crippen molar-refractivity contribution in [1.29, 1.82) is 0 Å². The summed E-state index contributed by atoms with van der Waals surface area (Å²) in [5.41, 5.74) is -1.06. The quantitative estimate of drug-likeness (QED) is 0.199. The van der Waals surface area contributed by atoms with Gasteiger partial charge in [0.05, 0.1) is 21.2 Å². The van der Waals surface area contributed by atoms with E-state index in [9.17, 15) is 31.8 Å². The Hall–Kier alpha value is -0.660. The minimum atomic E-state index is -4.45. The van der Waals surface area contributed by atoms with Gasteiger partial charge in [0.25, 0.3) is 20.2 Å². The van der Waals surface area contributed by atoms with Crippen LogP contribution in [0.5, 0.6) is 5.88 Å². The molecule has 18 heteroatoms. The molecule has 3 rings (SSSR count). The average Bonchev–Trinajstić information content (AvgIpc) is 3.02. The van der Waals surface area contributed by atoms with Crippen LogP contribution in [0.25, 0.3) is 5.69 Å². The number of nitrogens with zero attached hydrogens (tertiary/aromatic N) is 4. The van der Waals surface area contributed by atoms with Crippen LogP contribution in [0, 0.1) is 0 Å². The molecule has 34 heavy (non-hydrogen) atoms. The van der Waals surface area contributed by atoms with E-state index >= 15 is 0 Å². The maximum atomic E-state index is 11.5. The van der Waals surface area contributed by atoms with Crippen LogP contribution in [0.4, 0.5) is 11.4 Å². The summed E-state index contributed by atoms with van der Waals surface area (Å²) < 4.78 is 63.1. The number of hydrogen-bond donors (Lipinski definition) is 4. The van der Waals surface area contributed by atoms with E-state index in [4.69, 9.17) is 9.11 Å². The molecule has 2 aromatic carbocycles. The van der Waals surface area contributed by atoms with Gasteiger partial charge >= 0.3 is 5.97 Å². The molecule has 3 aromatic rings. The fourth-order valence-corrected chi connectivity index (χ4v) is 3.33. The molecule has 0 amide bonds. The van der Waals surface area contributed by atoms with Crippen LogP contribution in [0.1, 0.15) is 10.5 Å². The molecule has 0 saturated carbocycles. The van der Waals surface area contributed by atoms with Crippen LogP contribution in [0.15, 0.2) is 68.6 Å². The van der Waals surface area contributed by atoms with E-state index in [0.29, 0.717) is 0 Å². The van der Waals surface area contributed by atoms with Crippen molar-refractivity contribution in [2.24, 2.45) is 10.2 Å². The van der Waals surface area contributed by atoms with E-state index in [0.717, 1.165) is 41.1 Å². The number of aromatic hydroxyl groups is 1. The Morgan fingerprint density at radius 3 is 1.65 bits per heavy atom. The summed E-state index contributed by atoms with van der Waals surface area (Å²) in [5, 5.41) is 30.8. The van der Waals surface area contributed by atoms with Gasteiger partial charge in [-0.2, -0.15) is 31.7 Å². The van der Waals surface area contributed by atoms with Gasteiger partial charge in [-0.05, 0) is 48.5 Å². The van der Waals surface area contributed by atoms with Crippen molar-refractivity contribution < 1.29 is 40.9 Å². The molecule has 0 aliphatic rings. The topological polar surface area (TPSA) is 209 Å². The monoisotopic (exact) mass is 537 g/mol. The van der Waals surface area contributed by atoms with Crippen LogP contribution in [0.2, 0.25) is 0 Å². The van der Waals surface area contributed by atoms with Crippen molar-refractivity contribution in [2.45, 2.75) is 9.79 Å². The molecule has 0 aliphatic carbocycles. The molecular weight excluding hydrogens is 525 g/mol. The fraction of sp³-hybridized carbons (Fsp3) is 0. The Balaban J connectivity index is 0.00000363. The Bertz CT molecular complexity index is 1410. The van der Waals surface area contributed by atoms with Gasteiger partial charge < -0.3 is 10.2 Å². The third-order valence-electron chi connectivity index (χ3n) is 3.82. The third kappa shape index (κ3) is 7.92. The summed E-state index contributed by atoms with van der Waals surface area (Å²) in [5.74, 6) is -2.27. The zero-order valence-electron chi connectivity index (χ0n) is 18.1. The van der Waals surface area contributed by atoms with Crippen molar-refractivity contribution in [1.82, 2.24) is 9.78 Å². The van der Waals surface area contributed by atoms with Crippen molar-refractivity contribution in [3.63, 3.8) is 0 Å². The molecule has 4 N–H and O–H groups in total. The van der Waals surface area contributed by atoms with E-state index in [-0.39, 0.29) is 105 Å². The van der Waals surface area contributed by atoms with Crippen molar-refractivity contribution in [2.75, 3.05) is 0 Å². The minimum Gasteiger partial charge on any atom is -0.492 e. The number of benzene rings is 2. The first-order valence-electron chi connectivity index (χ1n) is 8.00. The number of azo groups is 1. The van der Waals surface area contributed by atoms with E-state index < -0.39 is 48.4 Å². The van der Waals surface area contributed by atoms with Crippen LogP contribution < -0.4 is 0 Å². The summed E-state index contributed by atoms with van der Waals surface area (Å²) in [7, 11) is -8.86. The van der Waals surface area contributed by atoms with Crippen LogP contribution in [-0.2, 0) is 20.2 Å². The molecule has 13 nitrogen and oxygen atoms in total. The van der Waals surface area contributed by atoms with Crippen LogP contribution >= 0.6 is 0 Å². The smallest absolute Gasteiger partial charge is 0.358 e. The van der Waals surface area contributed by atoms with Crippen molar-refractivity contribution in [3.05, 3.63) is 54.2 Å². The predicted octanol–water partition coefficient (Wildman–Crippen LogP) is 1.04. The standard InChI is InChI=1S/C16H12N4O9S2.3Na/c21-15-13(18-17-9-1-5-11(6-2-9)30(24,25)26)14(16(22)23)19-20(15)10-3-7-12(8-4-10)31(27,28)29;;;/h1-8,21H,(H,22,23)(H,24,25,26)(H,27,28,29);;;. The molecule has 0 bridgehead atoms. The molecule has 3 radical (unpaired) electrons. The fourth-order valence-electron chi connectivity index (χ4n) is 2.37. The zero-order chi connectivity index (χ0) is 23.0. The van der Waals surface area contributed by atoms with Gasteiger partial charge in [-0.15, -0.1) is 5.11 Å². The maximum Gasteiger partial charge on any atom is 0.358 e. The molecule has 0 aliphatic heterocycles. The number of aromatic nitrogens is 2. The number of aromatic carboxylic acids is 1. The number of carboxylic acid groups (broad SMARTS) is 1. The van der Waals surface area contributed by atoms with E-state index in [1.54, 1.807) is 0 Å². The Labute approximate surface area is 259 Å². The molecule has 0 spiro atoms. The van der Waals surface area contributed by atoms with Crippen LogP contribution in [-0.4, -0.2) is 141 Å². The summed E-state index contributed by atoms with van der Waals surface area (Å²) in [6.07, 6.45) is 0. The Kier molecular flexibility index (Phi) is 12.8. The van der Waals surface area contributed by atoms with Gasteiger partial charge in [0, 0.05) is 88.7 Å². The SMILES string of the molecule is O=C(O)c1nn(-c2ccc(S(=O)(=O)O)cc2)c(O)c1N=Nc1ccc(S(=O)(=O)O)cc1.[Na].[Na].[Na]. The second-order valence-corrected chi connectivity index (χ2v) is 8.72. The molecule has 1 heterocycles. The van der Waals surface area contributed by atoms with E-state index in [1.807, 2.05) is 0 Å². The second-order valence-electron chi connectivity index (χ2n) is 5.88. The summed E-state index contributed by atoms with van der Waals surface area (Å²) in [6.45, 7) is 0. The first-order valence-corrected chi connectivity index (χ1v) is 10.9. The van der Waals surface area contributed by atoms with Crippen LogP contribution in [0.3, 0.4) is 0 Å². The molecule has 0 fully saturated rings. The molecule has 1 aromatic heterocycles. The summed E-state index contributed by atoms with van der Waals surface area (Å²) >= 11 is 0. The maximum absolute atomic E-state index is 11.5. The van der Waals surface area contributed by atoms with Gasteiger partial charge in [-0.25, -0.2) is 4.79 Å². The van der Waals surface area contributed by atoms with Crippen molar-refractivity contribution in [3.8, 4) is 11.6 Å². The minimum absolute atomic E-state index is 0. The van der Waals surface area contributed by atoms with Gasteiger partial charge in [0.2, 0.25) is 11.6 Å². The second kappa shape index (κ2) is 13.0. The molecular formula is C16H12N4Na3O9S2. The number of rotatable bonds is 6. The largest absolute Gasteiger partial charge is 0.492 e. The van der Waals surface area contributed by atoms with Crippen molar-refractivity contribution >= 4 is 126 Å². The predicted molar refractivity (Wildman–Crippen MR) is 120 cm³/mol. The summed E-state index contributed by atoms with van der Waals surface area (Å²) in [4.78, 5) is 10.7. The van der Waals surface area contributed by atoms with E-state index in [2.05, 4.69) is 15.3 Å². The van der Waals surface area contributed by atoms with Gasteiger partial charge in [0.15, 0.2) is 5.69 Å². The number of carboxylic acids is 1. The van der Waals surface area contributed by atoms with Gasteiger partial charge in [0.1, 0.15) is 0 Å². The zero-order valence-corrected chi connectivity index (χ0v) is 25.7. The normalized spacial score (nSPS) is 11.2. The Morgan fingerprint density at radius 1 is 0.794 bits per heavy atom. The number of carbonyl (C=O) groups is 1. The molecule has 0 atom stereocenters. The van der Waals surface area contributed by atoms with Gasteiger partial charge in [-0.3, -0.25) is 9.11 Å². The third-order valence-corrected chi connectivity index (χ3v) is 5.55. The van der Waals surface area contributed by atoms with Gasteiger partial charge in [-0.1, -0.05) is 0 Å². The van der Waals surface area contributed by atoms with E-state index in [1.165, 1.54) is 12.1 Å². The Morgan fingerprint density at radius 2 is 1.24 bits per heavy atom. The molecule has 0 unspecified atom stereocenters. The molecule has 165 valence electrons. The number of hydrogen-bond acceptors (Lipinski definition) is 9.